The molecule has 0 bridgehead atoms. The monoisotopic (exact) mass is 474 g/mol. The van der Waals surface area contributed by atoms with Gasteiger partial charge in [0.15, 0.2) is 8.68 Å². The molecular weight excluding hydrogens is 456 g/mol. The predicted octanol–water partition coefficient (Wildman–Crippen LogP) is 5.78. The van der Waals surface area contributed by atoms with E-state index in [1.165, 1.54) is 23.1 Å². The van der Waals surface area contributed by atoms with Crippen molar-refractivity contribution in [3.05, 3.63) is 76.3 Å². The van der Waals surface area contributed by atoms with E-state index in [4.69, 9.17) is 11.6 Å². The van der Waals surface area contributed by atoms with Gasteiger partial charge in [-0.1, -0.05) is 101 Å². The number of thioether (sulfide) groups is 2. The molecule has 1 aromatic heterocycles. The highest BCUT2D eigenvalue weighted by Crippen LogP contribution is 2.32. The van der Waals surface area contributed by atoms with Crippen molar-refractivity contribution >= 4 is 64.7 Å². The first-order valence-corrected chi connectivity index (χ1v) is 12.1. The lowest BCUT2D eigenvalue weighted by Gasteiger charge is -2.00. The molecular formula is C21H19ClN4OS3. The highest BCUT2D eigenvalue weighted by Gasteiger charge is 2.09. The van der Waals surface area contributed by atoms with Gasteiger partial charge >= 0.3 is 0 Å². The van der Waals surface area contributed by atoms with Crippen LogP contribution in [0.15, 0.2) is 74.0 Å². The quantitative estimate of drug-likeness (QED) is 0.242. The van der Waals surface area contributed by atoms with E-state index in [2.05, 4.69) is 20.7 Å². The molecule has 0 aliphatic heterocycles. The number of hydrazone groups is 1. The Balaban J connectivity index is 1.41. The summed E-state index contributed by atoms with van der Waals surface area (Å²) in [6, 6.07) is 17.7. The van der Waals surface area contributed by atoms with Crippen LogP contribution in [0.1, 0.15) is 18.1 Å². The van der Waals surface area contributed by atoms with Crippen LogP contribution in [0.5, 0.6) is 0 Å². The van der Waals surface area contributed by atoms with Crippen molar-refractivity contribution in [2.45, 2.75) is 21.4 Å². The molecule has 154 valence electrons. The molecule has 0 unspecified atom stereocenters. The standard InChI is InChI=1S/C21H19ClN4OS3/c1-15(11-16-7-3-2-4-8-16)12-23-24-19(27)14-29-21-26-25-20(30-21)28-13-17-9-5-6-10-18(17)22/h2-12H,13-14H2,1H3,(H,24,27). The Morgan fingerprint density at radius 1 is 1.10 bits per heavy atom. The van der Waals surface area contributed by atoms with E-state index in [0.29, 0.717) is 0 Å². The molecule has 1 N–H and O–H groups in total. The third-order valence-electron chi connectivity index (χ3n) is 3.67. The Bertz CT molecular complexity index is 1040. The minimum absolute atomic E-state index is 0.191. The maximum atomic E-state index is 12.0. The number of nitrogens with zero attached hydrogens (tertiary/aromatic N) is 3. The van der Waals surface area contributed by atoms with Gasteiger partial charge in [0.25, 0.3) is 5.91 Å². The van der Waals surface area contributed by atoms with Gasteiger partial charge < -0.3 is 0 Å². The number of benzene rings is 2. The smallest absolute Gasteiger partial charge is 0.250 e. The van der Waals surface area contributed by atoms with Gasteiger partial charge in [-0.2, -0.15) is 5.10 Å². The second-order valence-electron chi connectivity index (χ2n) is 6.09. The fourth-order valence-corrected chi connectivity index (χ4v) is 5.38. The van der Waals surface area contributed by atoms with E-state index in [1.54, 1.807) is 18.0 Å². The average molecular weight is 475 g/mol. The van der Waals surface area contributed by atoms with Crippen LogP contribution in [0, 0.1) is 0 Å². The molecule has 0 radical (unpaired) electrons. The molecule has 9 heteroatoms. The number of aromatic nitrogens is 2. The van der Waals surface area contributed by atoms with E-state index in [-0.39, 0.29) is 11.7 Å². The molecule has 0 aliphatic carbocycles. The molecule has 0 atom stereocenters. The fourth-order valence-electron chi connectivity index (χ4n) is 2.28. The first-order valence-electron chi connectivity index (χ1n) is 8.98. The van der Waals surface area contributed by atoms with Crippen molar-refractivity contribution in [2.24, 2.45) is 5.10 Å². The first-order chi connectivity index (χ1) is 14.6. The van der Waals surface area contributed by atoms with E-state index in [1.807, 2.05) is 67.6 Å². The maximum Gasteiger partial charge on any atom is 0.250 e. The summed E-state index contributed by atoms with van der Waals surface area (Å²) in [7, 11) is 0. The van der Waals surface area contributed by atoms with Crippen LogP contribution in [0.3, 0.4) is 0 Å². The van der Waals surface area contributed by atoms with E-state index in [0.717, 1.165) is 36.2 Å². The third kappa shape index (κ3) is 7.60. The molecule has 30 heavy (non-hydrogen) atoms. The van der Waals surface area contributed by atoms with Gasteiger partial charge in [-0.05, 0) is 29.7 Å². The summed E-state index contributed by atoms with van der Waals surface area (Å²) in [6.07, 6.45) is 3.62. The van der Waals surface area contributed by atoms with Crippen molar-refractivity contribution in [1.82, 2.24) is 15.6 Å². The molecule has 0 saturated heterocycles. The van der Waals surface area contributed by atoms with E-state index in [9.17, 15) is 4.79 Å². The Morgan fingerprint density at radius 3 is 2.57 bits per heavy atom. The zero-order valence-corrected chi connectivity index (χ0v) is 19.3. The minimum atomic E-state index is -0.191. The highest BCUT2D eigenvalue weighted by atomic mass is 35.5. The van der Waals surface area contributed by atoms with Gasteiger partial charge in [0.2, 0.25) is 0 Å². The SMILES string of the molecule is CC(C=NNC(=O)CSc1nnc(SCc2ccccc2Cl)s1)=Cc1ccccc1. The van der Waals surface area contributed by atoms with Gasteiger partial charge in [0, 0.05) is 10.8 Å². The molecule has 0 saturated carbocycles. The Labute approximate surface area is 193 Å². The molecule has 2 aromatic carbocycles. The second-order valence-corrected chi connectivity index (χ2v) is 9.92. The summed E-state index contributed by atoms with van der Waals surface area (Å²) in [5, 5.41) is 13.0. The molecule has 1 amide bonds. The highest BCUT2D eigenvalue weighted by molar-refractivity contribution is 8.03. The lowest BCUT2D eigenvalue weighted by atomic mass is 10.1. The number of halogens is 1. The summed E-state index contributed by atoms with van der Waals surface area (Å²) in [5.74, 6) is 0.760. The lowest BCUT2D eigenvalue weighted by Crippen LogP contribution is -2.19. The van der Waals surface area contributed by atoms with Crippen LogP contribution >= 0.6 is 46.5 Å². The lowest BCUT2D eigenvalue weighted by molar-refractivity contribution is -0.118. The van der Waals surface area contributed by atoms with Gasteiger partial charge in [0.05, 0.1) is 12.0 Å². The second kappa shape index (κ2) is 11.9. The number of carbonyl (C=O) groups is 1. The van der Waals surface area contributed by atoms with Crippen LogP contribution in [0.25, 0.3) is 6.08 Å². The topological polar surface area (TPSA) is 67.2 Å². The largest absolute Gasteiger partial charge is 0.272 e. The summed E-state index contributed by atoms with van der Waals surface area (Å²) >= 11 is 10.6. The zero-order valence-electron chi connectivity index (χ0n) is 16.1. The Kier molecular flexibility index (Phi) is 8.95. The molecule has 3 rings (SSSR count). The number of hydrogen-bond donors (Lipinski definition) is 1. The summed E-state index contributed by atoms with van der Waals surface area (Å²) in [4.78, 5) is 12.0. The van der Waals surface area contributed by atoms with Crippen LogP contribution in [-0.2, 0) is 10.5 Å². The van der Waals surface area contributed by atoms with Gasteiger partial charge in [-0.15, -0.1) is 10.2 Å². The van der Waals surface area contributed by atoms with Crippen molar-refractivity contribution in [1.29, 1.82) is 0 Å². The fraction of sp³-hybridized carbons (Fsp3) is 0.143. The van der Waals surface area contributed by atoms with Crippen molar-refractivity contribution in [3.63, 3.8) is 0 Å². The summed E-state index contributed by atoms with van der Waals surface area (Å²) in [6.45, 7) is 1.93. The summed E-state index contributed by atoms with van der Waals surface area (Å²) in [5.41, 5.74) is 5.62. The Morgan fingerprint density at radius 2 is 1.80 bits per heavy atom. The molecule has 1 heterocycles. The first kappa shape index (κ1) is 22.6. The predicted molar refractivity (Wildman–Crippen MR) is 128 cm³/mol. The van der Waals surface area contributed by atoms with E-state index < -0.39 is 0 Å². The summed E-state index contributed by atoms with van der Waals surface area (Å²) < 4.78 is 1.59. The number of allylic oxidation sites excluding steroid dienone is 1. The molecule has 0 fully saturated rings. The molecule has 0 aliphatic rings. The van der Waals surface area contributed by atoms with Crippen LogP contribution in [-0.4, -0.2) is 28.1 Å². The third-order valence-corrected chi connectivity index (χ3v) is 7.28. The number of amides is 1. The van der Waals surface area contributed by atoms with Gasteiger partial charge in [0.1, 0.15) is 0 Å². The number of nitrogens with one attached hydrogen (secondary N) is 1. The van der Waals surface area contributed by atoms with Crippen molar-refractivity contribution in [3.8, 4) is 0 Å². The van der Waals surface area contributed by atoms with E-state index >= 15 is 0 Å². The normalized spacial score (nSPS) is 11.7. The number of carbonyl (C=O) groups excluding carboxylic acids is 1. The molecule has 0 spiro atoms. The number of rotatable bonds is 9. The van der Waals surface area contributed by atoms with Crippen molar-refractivity contribution in [2.75, 3.05) is 5.75 Å². The molecule has 5 nitrogen and oxygen atoms in total. The van der Waals surface area contributed by atoms with Gasteiger partial charge in [-0.25, -0.2) is 5.43 Å². The van der Waals surface area contributed by atoms with Crippen molar-refractivity contribution < 1.29 is 4.79 Å². The minimum Gasteiger partial charge on any atom is -0.272 e. The van der Waals surface area contributed by atoms with Crippen LogP contribution in [0.4, 0.5) is 0 Å². The number of hydrogen-bond acceptors (Lipinski definition) is 7. The maximum absolute atomic E-state index is 12.0. The average Bonchev–Trinajstić information content (AvgIpc) is 3.20. The van der Waals surface area contributed by atoms with Crippen LogP contribution < -0.4 is 5.43 Å². The Hall–Kier alpha value is -2.13. The van der Waals surface area contributed by atoms with Gasteiger partial charge in [-0.3, -0.25) is 4.79 Å². The zero-order chi connectivity index (χ0) is 21.2. The van der Waals surface area contributed by atoms with Crippen LogP contribution in [0.2, 0.25) is 5.02 Å². The molecule has 3 aromatic rings.